The molecule has 0 spiro atoms. The van der Waals surface area contributed by atoms with E-state index in [1.807, 2.05) is 0 Å². The van der Waals surface area contributed by atoms with E-state index in [1.165, 1.54) is 18.2 Å². The van der Waals surface area contributed by atoms with Gasteiger partial charge in [0.1, 0.15) is 11.4 Å². The molecule has 130 valence electrons. The maximum Gasteiger partial charge on any atom is 0.573 e. The third-order valence-corrected chi connectivity index (χ3v) is 2.63. The number of ether oxygens (including phenoxy) is 2. The van der Waals surface area contributed by atoms with Crippen LogP contribution in [0, 0.1) is 0 Å². The molecular formula is C15H20F3NO4. The van der Waals surface area contributed by atoms with Crippen molar-refractivity contribution >= 4 is 6.09 Å². The Morgan fingerprint density at radius 3 is 2.39 bits per heavy atom. The molecule has 0 bridgehead atoms. The number of benzene rings is 1. The fourth-order valence-corrected chi connectivity index (χ4v) is 1.87. The van der Waals surface area contributed by atoms with Crippen molar-refractivity contribution in [3.8, 4) is 5.75 Å². The Morgan fingerprint density at radius 1 is 1.26 bits per heavy atom. The summed E-state index contributed by atoms with van der Waals surface area (Å²) in [4.78, 5) is 11.8. The number of hydrogen-bond donors (Lipinski definition) is 2. The van der Waals surface area contributed by atoms with Gasteiger partial charge in [-0.1, -0.05) is 18.2 Å². The van der Waals surface area contributed by atoms with Crippen LogP contribution in [0.3, 0.4) is 0 Å². The molecule has 23 heavy (non-hydrogen) atoms. The van der Waals surface area contributed by atoms with Crippen LogP contribution in [0.2, 0.25) is 0 Å². The van der Waals surface area contributed by atoms with Crippen molar-refractivity contribution < 1.29 is 32.5 Å². The summed E-state index contributed by atoms with van der Waals surface area (Å²) in [7, 11) is 0. The predicted molar refractivity (Wildman–Crippen MR) is 76.9 cm³/mol. The first-order valence-corrected chi connectivity index (χ1v) is 6.97. The van der Waals surface area contributed by atoms with E-state index >= 15 is 0 Å². The van der Waals surface area contributed by atoms with Crippen LogP contribution in [-0.2, 0) is 4.74 Å². The van der Waals surface area contributed by atoms with Crippen molar-refractivity contribution in [2.75, 3.05) is 6.61 Å². The molecule has 1 rings (SSSR count). The number of aliphatic hydroxyl groups is 1. The summed E-state index contributed by atoms with van der Waals surface area (Å²) >= 11 is 0. The zero-order chi connectivity index (χ0) is 17.7. The monoisotopic (exact) mass is 335 g/mol. The number of nitrogens with one attached hydrogen (secondary N) is 1. The maximum absolute atomic E-state index is 12.5. The number of halogens is 3. The number of aliphatic hydroxyl groups excluding tert-OH is 1. The molecule has 0 radical (unpaired) electrons. The van der Waals surface area contributed by atoms with Crippen LogP contribution in [-0.4, -0.2) is 29.8 Å². The first-order valence-electron chi connectivity index (χ1n) is 6.97. The van der Waals surface area contributed by atoms with Gasteiger partial charge in [-0.05, 0) is 33.3 Å². The van der Waals surface area contributed by atoms with Gasteiger partial charge in [-0.2, -0.15) is 0 Å². The van der Waals surface area contributed by atoms with Gasteiger partial charge in [0.25, 0.3) is 0 Å². The summed E-state index contributed by atoms with van der Waals surface area (Å²) in [6.45, 7) is 4.65. The Bertz CT molecular complexity index is 526. The quantitative estimate of drug-likeness (QED) is 0.864. The number of carbonyl (C=O) groups is 1. The molecule has 2 N–H and O–H groups in total. The molecule has 0 saturated carbocycles. The zero-order valence-electron chi connectivity index (χ0n) is 13.1. The minimum Gasteiger partial charge on any atom is -0.444 e. The van der Waals surface area contributed by atoms with Crippen LogP contribution < -0.4 is 10.1 Å². The number of rotatable bonds is 5. The van der Waals surface area contributed by atoms with E-state index in [1.54, 1.807) is 20.8 Å². The molecule has 0 aliphatic carbocycles. The lowest BCUT2D eigenvalue weighted by molar-refractivity contribution is -0.275. The van der Waals surface area contributed by atoms with Gasteiger partial charge in [0, 0.05) is 12.2 Å². The van der Waals surface area contributed by atoms with Gasteiger partial charge < -0.3 is 19.9 Å². The fourth-order valence-electron chi connectivity index (χ4n) is 1.87. The Labute approximate surface area is 132 Å². The first kappa shape index (κ1) is 19.1. The molecular weight excluding hydrogens is 315 g/mol. The van der Waals surface area contributed by atoms with E-state index in [0.717, 1.165) is 6.07 Å². The summed E-state index contributed by atoms with van der Waals surface area (Å²) in [5.74, 6) is -0.436. The predicted octanol–water partition coefficient (Wildman–Crippen LogP) is 3.53. The van der Waals surface area contributed by atoms with E-state index in [2.05, 4.69) is 10.1 Å². The van der Waals surface area contributed by atoms with Crippen molar-refractivity contribution in [2.24, 2.45) is 0 Å². The summed E-state index contributed by atoms with van der Waals surface area (Å²) in [5, 5.41) is 11.6. The van der Waals surface area contributed by atoms with Gasteiger partial charge in [0.15, 0.2) is 0 Å². The zero-order valence-corrected chi connectivity index (χ0v) is 13.1. The van der Waals surface area contributed by atoms with Crippen LogP contribution in [0.15, 0.2) is 24.3 Å². The number of carbonyl (C=O) groups excluding carboxylic acids is 1. The molecule has 1 amide bonds. The number of amides is 1. The summed E-state index contributed by atoms with van der Waals surface area (Å²) in [6, 6.07) is 4.55. The van der Waals surface area contributed by atoms with Crippen LogP contribution in [0.5, 0.6) is 5.75 Å². The van der Waals surface area contributed by atoms with Crippen LogP contribution in [0.1, 0.15) is 38.8 Å². The Hall–Kier alpha value is -1.96. The minimum absolute atomic E-state index is 0.0114. The summed E-state index contributed by atoms with van der Waals surface area (Å²) in [5.41, 5.74) is -0.653. The minimum atomic E-state index is -4.86. The topological polar surface area (TPSA) is 67.8 Å². The van der Waals surface area contributed by atoms with E-state index in [9.17, 15) is 18.0 Å². The molecule has 1 atom stereocenters. The molecule has 1 unspecified atom stereocenters. The van der Waals surface area contributed by atoms with Gasteiger partial charge in [-0.3, -0.25) is 0 Å². The van der Waals surface area contributed by atoms with Crippen molar-refractivity contribution in [2.45, 2.75) is 45.2 Å². The second-order valence-corrected chi connectivity index (χ2v) is 5.80. The molecule has 1 aromatic carbocycles. The van der Waals surface area contributed by atoms with Gasteiger partial charge >= 0.3 is 12.5 Å². The average molecular weight is 335 g/mol. The van der Waals surface area contributed by atoms with Crippen molar-refractivity contribution in [3.05, 3.63) is 29.8 Å². The molecule has 8 heteroatoms. The molecule has 0 fully saturated rings. The third kappa shape index (κ3) is 7.23. The average Bonchev–Trinajstić information content (AvgIpc) is 2.34. The van der Waals surface area contributed by atoms with Gasteiger partial charge in [0.2, 0.25) is 0 Å². The van der Waals surface area contributed by atoms with Gasteiger partial charge in [0.05, 0.1) is 6.04 Å². The molecule has 0 aromatic heterocycles. The van der Waals surface area contributed by atoms with Crippen LogP contribution in [0.25, 0.3) is 0 Å². The third-order valence-electron chi connectivity index (χ3n) is 2.63. The lowest BCUT2D eigenvalue weighted by Gasteiger charge is -2.25. The van der Waals surface area contributed by atoms with Crippen molar-refractivity contribution in [3.63, 3.8) is 0 Å². The van der Waals surface area contributed by atoms with E-state index in [4.69, 9.17) is 9.84 Å². The first-order chi connectivity index (χ1) is 10.5. The van der Waals surface area contributed by atoms with E-state index in [-0.39, 0.29) is 18.6 Å². The molecule has 0 aliphatic rings. The second-order valence-electron chi connectivity index (χ2n) is 5.80. The standard InChI is InChI=1S/C15H20F3NO4/c1-14(2,3)23-13(21)19-11(8-9-20)10-6-4-5-7-12(10)22-15(16,17)18/h4-7,11,20H,8-9H2,1-3H3,(H,19,21). The highest BCUT2D eigenvalue weighted by Crippen LogP contribution is 2.31. The molecule has 0 heterocycles. The highest BCUT2D eigenvalue weighted by atomic mass is 19.4. The van der Waals surface area contributed by atoms with Crippen LogP contribution >= 0.6 is 0 Å². The van der Waals surface area contributed by atoms with Crippen LogP contribution in [0.4, 0.5) is 18.0 Å². The highest BCUT2D eigenvalue weighted by Gasteiger charge is 2.33. The molecule has 1 aromatic rings. The van der Waals surface area contributed by atoms with E-state index in [0.29, 0.717) is 0 Å². The SMILES string of the molecule is CC(C)(C)OC(=O)NC(CCO)c1ccccc1OC(F)(F)F. The largest absolute Gasteiger partial charge is 0.573 e. The Kier molecular flexibility index (Phi) is 6.26. The Morgan fingerprint density at radius 2 is 1.87 bits per heavy atom. The lowest BCUT2D eigenvalue weighted by atomic mass is 10.0. The number of para-hydroxylation sites is 1. The normalized spacial score (nSPS) is 13.3. The molecule has 0 saturated heterocycles. The van der Waals surface area contributed by atoms with Gasteiger partial charge in [-0.15, -0.1) is 13.2 Å². The number of hydrogen-bond acceptors (Lipinski definition) is 4. The molecule has 0 aliphatic heterocycles. The highest BCUT2D eigenvalue weighted by molar-refractivity contribution is 5.68. The number of alkyl carbamates (subject to hydrolysis) is 1. The lowest BCUT2D eigenvalue weighted by Crippen LogP contribution is -2.35. The van der Waals surface area contributed by atoms with E-state index < -0.39 is 29.8 Å². The summed E-state index contributed by atoms with van der Waals surface area (Å²) in [6.07, 6.45) is -5.64. The van der Waals surface area contributed by atoms with Crippen molar-refractivity contribution in [1.29, 1.82) is 0 Å². The maximum atomic E-state index is 12.5. The van der Waals surface area contributed by atoms with Gasteiger partial charge in [-0.25, -0.2) is 4.79 Å². The summed E-state index contributed by atoms with van der Waals surface area (Å²) < 4.78 is 46.5. The van der Waals surface area contributed by atoms with Crippen molar-refractivity contribution in [1.82, 2.24) is 5.32 Å². The second kappa shape index (κ2) is 7.54. The fraction of sp³-hybridized carbons (Fsp3) is 0.533. The smallest absolute Gasteiger partial charge is 0.444 e. The number of alkyl halides is 3. The Balaban J connectivity index is 2.99. The molecule has 5 nitrogen and oxygen atoms in total.